The number of carboxylic acid groups (broad SMARTS) is 1. The number of anilines is 1. The first-order valence-corrected chi connectivity index (χ1v) is 8.84. The Morgan fingerprint density at radius 2 is 1.81 bits per heavy atom. The Morgan fingerprint density at radius 3 is 2.56 bits per heavy atom. The predicted octanol–water partition coefficient (Wildman–Crippen LogP) is 2.24. The number of aromatic nitrogens is 2. The van der Waals surface area contributed by atoms with Crippen molar-refractivity contribution in [1.29, 1.82) is 0 Å². The second-order valence-corrected chi connectivity index (χ2v) is 6.39. The van der Waals surface area contributed by atoms with Crippen LogP contribution in [0.5, 0.6) is 5.75 Å². The van der Waals surface area contributed by atoms with Crippen LogP contribution in [0.25, 0.3) is 10.9 Å². The fourth-order valence-electron chi connectivity index (χ4n) is 3.31. The molecule has 7 heteroatoms. The lowest BCUT2D eigenvalue weighted by atomic mass is 10.2. The Labute approximate surface area is 156 Å². The van der Waals surface area contributed by atoms with E-state index in [4.69, 9.17) is 4.74 Å². The molecule has 1 unspecified atom stereocenters. The van der Waals surface area contributed by atoms with Crippen LogP contribution in [0.1, 0.15) is 0 Å². The lowest BCUT2D eigenvalue weighted by molar-refractivity contribution is -0.155. The van der Waals surface area contributed by atoms with E-state index in [1.807, 2.05) is 41.3 Å². The zero-order valence-corrected chi connectivity index (χ0v) is 14.7. The number of hydrogen-bond donors (Lipinski definition) is 1. The minimum Gasteiger partial charge on any atom is -0.477 e. The molecule has 1 atom stereocenters. The second-order valence-electron chi connectivity index (χ2n) is 6.39. The molecule has 0 saturated carbocycles. The number of ether oxygens (including phenoxy) is 1. The highest BCUT2D eigenvalue weighted by atomic mass is 16.5. The van der Waals surface area contributed by atoms with E-state index in [9.17, 15) is 9.90 Å². The molecule has 1 aliphatic heterocycles. The monoisotopic (exact) mass is 364 g/mol. The number of rotatable bonds is 5. The minimum atomic E-state index is -1.02. The van der Waals surface area contributed by atoms with Gasteiger partial charge < -0.3 is 14.7 Å². The molecule has 3 heterocycles. The number of aliphatic carboxylic acids is 1. The molecule has 3 aromatic rings. The number of nitrogens with zero attached hydrogens (tertiary/aromatic N) is 4. The van der Waals surface area contributed by atoms with Gasteiger partial charge in [-0.2, -0.15) is 0 Å². The maximum absolute atomic E-state index is 11.8. The summed E-state index contributed by atoms with van der Waals surface area (Å²) in [5.74, 6) is -0.460. The molecule has 1 saturated heterocycles. The van der Waals surface area contributed by atoms with Crippen LogP contribution in [-0.2, 0) is 4.79 Å². The van der Waals surface area contributed by atoms with Gasteiger partial charge in [0, 0.05) is 55.8 Å². The topological polar surface area (TPSA) is 78.8 Å². The van der Waals surface area contributed by atoms with Gasteiger partial charge in [0.1, 0.15) is 5.75 Å². The molecule has 7 nitrogen and oxygen atoms in total. The van der Waals surface area contributed by atoms with Gasteiger partial charge in [-0.3, -0.25) is 14.9 Å². The fourth-order valence-corrected chi connectivity index (χ4v) is 3.31. The van der Waals surface area contributed by atoms with E-state index < -0.39 is 12.2 Å². The second kappa shape index (κ2) is 7.59. The molecule has 0 spiro atoms. The van der Waals surface area contributed by atoms with Crippen LogP contribution in [0.4, 0.5) is 5.69 Å². The molecule has 0 radical (unpaired) electrons. The molecule has 4 rings (SSSR count). The summed E-state index contributed by atoms with van der Waals surface area (Å²) in [4.78, 5) is 24.2. The van der Waals surface area contributed by atoms with Gasteiger partial charge in [-0.05, 0) is 36.4 Å². The molecule has 0 aliphatic carbocycles. The average molecular weight is 364 g/mol. The third-order valence-electron chi connectivity index (χ3n) is 4.71. The summed E-state index contributed by atoms with van der Waals surface area (Å²) in [6.07, 6.45) is 4.24. The molecular formula is C20H20N4O3. The summed E-state index contributed by atoms with van der Waals surface area (Å²) in [6.45, 7) is 2.68. The lowest BCUT2D eigenvalue weighted by Gasteiger charge is -2.38. The van der Waals surface area contributed by atoms with E-state index in [0.717, 1.165) is 29.7 Å². The van der Waals surface area contributed by atoms with Crippen molar-refractivity contribution in [3.8, 4) is 5.75 Å². The summed E-state index contributed by atoms with van der Waals surface area (Å²) in [7, 11) is 0. The van der Waals surface area contributed by atoms with Gasteiger partial charge in [0.05, 0.1) is 5.52 Å². The third-order valence-corrected chi connectivity index (χ3v) is 4.71. The quantitative estimate of drug-likeness (QED) is 0.744. The predicted molar refractivity (Wildman–Crippen MR) is 102 cm³/mol. The zero-order valence-electron chi connectivity index (χ0n) is 14.7. The molecule has 2 aromatic heterocycles. The van der Waals surface area contributed by atoms with Gasteiger partial charge in [-0.15, -0.1) is 0 Å². The van der Waals surface area contributed by atoms with Crippen LogP contribution in [0, 0.1) is 0 Å². The molecule has 1 aliphatic rings. The van der Waals surface area contributed by atoms with Crippen LogP contribution in [0.3, 0.4) is 0 Å². The third kappa shape index (κ3) is 3.83. The van der Waals surface area contributed by atoms with E-state index in [2.05, 4.69) is 14.9 Å². The summed E-state index contributed by atoms with van der Waals surface area (Å²) in [5.41, 5.74) is 1.95. The standard InChI is InChI=1S/C20H20N4O3/c25-20(26)19(27-17-3-4-18-15(14-17)2-1-7-22-18)24-12-10-23(11-13-24)16-5-8-21-9-6-16/h1-9,14,19H,10-13H2,(H,25,26). The van der Waals surface area contributed by atoms with Crippen LogP contribution >= 0.6 is 0 Å². The van der Waals surface area contributed by atoms with Gasteiger partial charge in [0.2, 0.25) is 0 Å². The Kier molecular flexibility index (Phi) is 4.84. The Hall–Kier alpha value is -3.19. The fraction of sp³-hybridized carbons (Fsp3) is 0.250. The van der Waals surface area contributed by atoms with Crippen molar-refractivity contribution < 1.29 is 14.6 Å². The smallest absolute Gasteiger partial charge is 0.360 e. The summed E-state index contributed by atoms with van der Waals surface area (Å²) < 4.78 is 5.83. The Balaban J connectivity index is 1.46. The first kappa shape index (κ1) is 17.2. The molecule has 1 aromatic carbocycles. The van der Waals surface area contributed by atoms with Crippen molar-refractivity contribution in [2.75, 3.05) is 31.1 Å². The number of carbonyl (C=O) groups is 1. The normalized spacial score (nSPS) is 16.2. The maximum atomic E-state index is 11.8. The largest absolute Gasteiger partial charge is 0.477 e. The summed E-state index contributed by atoms with van der Waals surface area (Å²) in [6, 6.07) is 13.1. The molecule has 0 amide bonds. The molecule has 0 bridgehead atoms. The number of piperazine rings is 1. The lowest BCUT2D eigenvalue weighted by Crippen LogP contribution is -2.54. The minimum absolute atomic E-state index is 0.527. The van der Waals surface area contributed by atoms with Crippen LogP contribution in [-0.4, -0.2) is 58.4 Å². The van der Waals surface area contributed by atoms with Crippen molar-refractivity contribution in [3.05, 3.63) is 61.1 Å². The number of benzene rings is 1. The highest BCUT2D eigenvalue weighted by Gasteiger charge is 2.30. The highest BCUT2D eigenvalue weighted by molar-refractivity contribution is 5.80. The Bertz CT molecular complexity index is 927. The van der Waals surface area contributed by atoms with Crippen molar-refractivity contribution in [2.45, 2.75) is 6.23 Å². The molecule has 138 valence electrons. The summed E-state index contributed by atoms with van der Waals surface area (Å²) in [5, 5.41) is 10.6. The van der Waals surface area contributed by atoms with Crippen LogP contribution < -0.4 is 9.64 Å². The van der Waals surface area contributed by atoms with Gasteiger partial charge in [0.15, 0.2) is 0 Å². The number of hydrogen-bond acceptors (Lipinski definition) is 6. The zero-order chi connectivity index (χ0) is 18.6. The van der Waals surface area contributed by atoms with Crippen molar-refractivity contribution in [3.63, 3.8) is 0 Å². The number of fused-ring (bicyclic) bond motifs is 1. The Morgan fingerprint density at radius 1 is 1.04 bits per heavy atom. The van der Waals surface area contributed by atoms with Gasteiger partial charge in [-0.25, -0.2) is 4.79 Å². The van der Waals surface area contributed by atoms with Crippen molar-refractivity contribution >= 4 is 22.6 Å². The van der Waals surface area contributed by atoms with E-state index in [1.165, 1.54) is 0 Å². The number of pyridine rings is 2. The van der Waals surface area contributed by atoms with Crippen molar-refractivity contribution in [1.82, 2.24) is 14.9 Å². The van der Waals surface area contributed by atoms with Gasteiger partial charge in [0.25, 0.3) is 6.23 Å². The van der Waals surface area contributed by atoms with Crippen LogP contribution in [0.15, 0.2) is 61.1 Å². The molecule has 1 fully saturated rings. The van der Waals surface area contributed by atoms with Crippen molar-refractivity contribution in [2.24, 2.45) is 0 Å². The summed E-state index contributed by atoms with van der Waals surface area (Å²) >= 11 is 0. The highest BCUT2D eigenvalue weighted by Crippen LogP contribution is 2.22. The maximum Gasteiger partial charge on any atom is 0.360 e. The van der Waals surface area contributed by atoms with E-state index in [-0.39, 0.29) is 0 Å². The van der Waals surface area contributed by atoms with E-state index in [0.29, 0.717) is 18.8 Å². The van der Waals surface area contributed by atoms with E-state index >= 15 is 0 Å². The molecule has 1 N–H and O–H groups in total. The van der Waals surface area contributed by atoms with Gasteiger partial charge in [-0.1, -0.05) is 6.07 Å². The number of carboxylic acids is 1. The molecular weight excluding hydrogens is 344 g/mol. The molecule has 27 heavy (non-hydrogen) atoms. The average Bonchev–Trinajstić information content (AvgIpc) is 2.72. The van der Waals surface area contributed by atoms with E-state index in [1.54, 1.807) is 24.7 Å². The van der Waals surface area contributed by atoms with Crippen LogP contribution in [0.2, 0.25) is 0 Å². The first-order chi connectivity index (χ1) is 13.2. The first-order valence-electron chi connectivity index (χ1n) is 8.84. The van der Waals surface area contributed by atoms with Gasteiger partial charge >= 0.3 is 5.97 Å². The SMILES string of the molecule is O=C(O)C(Oc1ccc2ncccc2c1)N1CCN(c2ccncc2)CC1.